The summed E-state index contributed by atoms with van der Waals surface area (Å²) in [6.45, 7) is 2.32. The Kier molecular flexibility index (Phi) is 5.95. The number of aromatic nitrogens is 2. The third-order valence-electron chi connectivity index (χ3n) is 4.41. The summed E-state index contributed by atoms with van der Waals surface area (Å²) in [5.74, 6) is 0.454. The molecule has 134 valence electrons. The number of amides is 1. The highest BCUT2D eigenvalue weighted by Crippen LogP contribution is 2.21. The summed E-state index contributed by atoms with van der Waals surface area (Å²) in [7, 11) is 0. The van der Waals surface area contributed by atoms with Crippen LogP contribution in [-0.2, 0) is 4.79 Å². The molecule has 1 fully saturated rings. The molecule has 3 N–H and O–H groups in total. The number of likely N-dealkylation sites (tertiary alicyclic amines) is 1. The predicted octanol–water partition coefficient (Wildman–Crippen LogP) is 1.14. The summed E-state index contributed by atoms with van der Waals surface area (Å²) in [6, 6.07) is 7.57. The first kappa shape index (κ1) is 17.8. The van der Waals surface area contributed by atoms with Crippen molar-refractivity contribution < 1.29 is 14.6 Å². The van der Waals surface area contributed by atoms with Crippen molar-refractivity contribution in [3.05, 3.63) is 29.6 Å². The van der Waals surface area contributed by atoms with E-state index in [0.717, 1.165) is 37.2 Å². The van der Waals surface area contributed by atoms with Crippen LogP contribution in [0.4, 0.5) is 0 Å². The van der Waals surface area contributed by atoms with Crippen molar-refractivity contribution in [2.45, 2.75) is 18.9 Å². The Hall–Kier alpha value is -2.03. The SMILES string of the molecule is NC(=O)C1CCN(C[C@H](O)COc2ccc(-c3csnn3)cc2)CC1. The molecule has 0 spiro atoms. The highest BCUT2D eigenvalue weighted by Gasteiger charge is 2.24. The zero-order valence-electron chi connectivity index (χ0n) is 13.9. The summed E-state index contributed by atoms with van der Waals surface area (Å²) >= 11 is 1.32. The first-order valence-electron chi connectivity index (χ1n) is 8.32. The summed E-state index contributed by atoms with van der Waals surface area (Å²) in [5.41, 5.74) is 7.16. The fourth-order valence-corrected chi connectivity index (χ4v) is 3.42. The van der Waals surface area contributed by atoms with E-state index in [1.165, 1.54) is 11.5 Å². The highest BCUT2D eigenvalue weighted by molar-refractivity contribution is 7.03. The first-order valence-corrected chi connectivity index (χ1v) is 9.15. The second-order valence-corrected chi connectivity index (χ2v) is 6.87. The van der Waals surface area contributed by atoms with Gasteiger partial charge in [-0.15, -0.1) is 5.10 Å². The predicted molar refractivity (Wildman–Crippen MR) is 95.2 cm³/mol. The first-order chi connectivity index (χ1) is 12.1. The van der Waals surface area contributed by atoms with Crippen LogP contribution in [0.5, 0.6) is 5.75 Å². The largest absolute Gasteiger partial charge is 0.491 e. The molecule has 1 aromatic carbocycles. The smallest absolute Gasteiger partial charge is 0.220 e. The van der Waals surface area contributed by atoms with E-state index in [1.807, 2.05) is 29.6 Å². The highest BCUT2D eigenvalue weighted by atomic mass is 32.1. The van der Waals surface area contributed by atoms with Gasteiger partial charge in [0.05, 0.1) is 0 Å². The average molecular weight is 362 g/mol. The molecule has 1 aliphatic rings. The van der Waals surface area contributed by atoms with Crippen molar-refractivity contribution in [2.24, 2.45) is 11.7 Å². The molecule has 25 heavy (non-hydrogen) atoms. The molecular formula is C17H22N4O3S. The lowest BCUT2D eigenvalue weighted by atomic mass is 9.96. The van der Waals surface area contributed by atoms with Crippen molar-refractivity contribution in [1.82, 2.24) is 14.5 Å². The van der Waals surface area contributed by atoms with Gasteiger partial charge in [-0.2, -0.15) is 0 Å². The number of β-amino-alcohol motifs (C(OH)–C–C–N with tert-alkyl or cyclic N) is 1. The number of carbonyl (C=O) groups excluding carboxylic acids is 1. The molecule has 0 saturated carbocycles. The Morgan fingerprint density at radius 3 is 2.68 bits per heavy atom. The van der Waals surface area contributed by atoms with Crippen molar-refractivity contribution in [1.29, 1.82) is 0 Å². The number of hydrogen-bond donors (Lipinski definition) is 2. The van der Waals surface area contributed by atoms with Crippen LogP contribution in [0.15, 0.2) is 29.6 Å². The second-order valence-electron chi connectivity index (χ2n) is 6.26. The summed E-state index contributed by atoms with van der Waals surface area (Å²) in [6.07, 6.45) is 0.943. The number of rotatable bonds is 7. The van der Waals surface area contributed by atoms with Gasteiger partial charge in [0.1, 0.15) is 24.2 Å². The van der Waals surface area contributed by atoms with Gasteiger partial charge in [0.25, 0.3) is 0 Å². The fourth-order valence-electron chi connectivity index (χ4n) is 2.96. The van der Waals surface area contributed by atoms with E-state index in [1.54, 1.807) is 0 Å². The third-order valence-corrected chi connectivity index (χ3v) is 4.92. The maximum Gasteiger partial charge on any atom is 0.220 e. The van der Waals surface area contributed by atoms with E-state index in [-0.39, 0.29) is 18.4 Å². The van der Waals surface area contributed by atoms with Crippen LogP contribution in [0, 0.1) is 5.92 Å². The van der Waals surface area contributed by atoms with Gasteiger partial charge in [-0.05, 0) is 61.7 Å². The topological polar surface area (TPSA) is 102 Å². The maximum absolute atomic E-state index is 11.2. The molecule has 7 nitrogen and oxygen atoms in total. The van der Waals surface area contributed by atoms with E-state index in [0.29, 0.717) is 12.3 Å². The summed E-state index contributed by atoms with van der Waals surface area (Å²) in [4.78, 5) is 13.3. The molecule has 0 radical (unpaired) electrons. The van der Waals surface area contributed by atoms with Crippen molar-refractivity contribution in [3.8, 4) is 17.0 Å². The Morgan fingerprint density at radius 2 is 2.08 bits per heavy atom. The lowest BCUT2D eigenvalue weighted by molar-refractivity contribution is -0.123. The molecule has 1 saturated heterocycles. The van der Waals surface area contributed by atoms with Crippen LogP contribution < -0.4 is 10.5 Å². The molecule has 2 aromatic rings. The number of ether oxygens (including phenoxy) is 1. The molecule has 2 heterocycles. The van der Waals surface area contributed by atoms with E-state index >= 15 is 0 Å². The van der Waals surface area contributed by atoms with Gasteiger partial charge in [0, 0.05) is 23.4 Å². The zero-order valence-corrected chi connectivity index (χ0v) is 14.7. The Balaban J connectivity index is 1.42. The number of nitrogens with zero attached hydrogens (tertiary/aromatic N) is 3. The third kappa shape index (κ3) is 4.97. The number of piperidine rings is 1. The molecule has 3 rings (SSSR count). The van der Waals surface area contributed by atoms with Gasteiger partial charge < -0.3 is 20.5 Å². The fraction of sp³-hybridized carbons (Fsp3) is 0.471. The number of nitrogens with two attached hydrogens (primary N) is 1. The van der Waals surface area contributed by atoms with E-state index in [9.17, 15) is 9.90 Å². The molecule has 0 bridgehead atoms. The van der Waals surface area contributed by atoms with Gasteiger partial charge in [-0.25, -0.2) is 0 Å². The molecule has 1 aromatic heterocycles. The summed E-state index contributed by atoms with van der Waals surface area (Å²) in [5, 5.41) is 16.1. The van der Waals surface area contributed by atoms with Crippen LogP contribution in [-0.4, -0.2) is 57.8 Å². The van der Waals surface area contributed by atoms with Gasteiger partial charge in [0.2, 0.25) is 5.91 Å². The van der Waals surface area contributed by atoms with Crippen molar-refractivity contribution >= 4 is 17.4 Å². The normalized spacial score (nSPS) is 17.3. The van der Waals surface area contributed by atoms with E-state index in [2.05, 4.69) is 14.5 Å². The number of benzene rings is 1. The standard InChI is InChI=1S/C17H22N4O3S/c18-17(23)13-5-7-21(8-6-13)9-14(22)10-24-15-3-1-12(2-4-15)16-11-25-20-19-16/h1-4,11,13-14,22H,5-10H2,(H2,18,23)/t14-/m0/s1. The van der Waals surface area contributed by atoms with Crippen LogP contribution in [0.25, 0.3) is 11.3 Å². The van der Waals surface area contributed by atoms with Crippen LogP contribution in [0.3, 0.4) is 0 Å². The number of hydrogen-bond acceptors (Lipinski definition) is 7. The maximum atomic E-state index is 11.2. The minimum Gasteiger partial charge on any atom is -0.491 e. The zero-order chi connectivity index (χ0) is 17.6. The second kappa shape index (κ2) is 8.37. The average Bonchev–Trinajstić information content (AvgIpc) is 3.15. The Bertz CT molecular complexity index is 670. The molecule has 8 heteroatoms. The van der Waals surface area contributed by atoms with Crippen LogP contribution in [0.1, 0.15) is 12.8 Å². The van der Waals surface area contributed by atoms with Crippen LogP contribution >= 0.6 is 11.5 Å². The molecule has 1 aliphatic heterocycles. The minimum atomic E-state index is -0.576. The van der Waals surface area contributed by atoms with Gasteiger partial charge >= 0.3 is 0 Å². The summed E-state index contributed by atoms with van der Waals surface area (Å²) < 4.78 is 9.50. The lowest BCUT2D eigenvalue weighted by Gasteiger charge is -2.31. The molecule has 0 unspecified atom stereocenters. The quantitative estimate of drug-likeness (QED) is 0.766. The Morgan fingerprint density at radius 1 is 1.36 bits per heavy atom. The van der Waals surface area contributed by atoms with Gasteiger partial charge in [0.15, 0.2) is 0 Å². The molecule has 1 amide bonds. The molecular weight excluding hydrogens is 340 g/mol. The monoisotopic (exact) mass is 362 g/mol. The molecule has 1 atom stereocenters. The minimum absolute atomic E-state index is 0.0314. The van der Waals surface area contributed by atoms with E-state index in [4.69, 9.17) is 10.5 Å². The number of aliphatic hydroxyl groups is 1. The Labute approximate surface area is 150 Å². The van der Waals surface area contributed by atoms with Gasteiger partial charge in [-0.1, -0.05) is 4.49 Å². The lowest BCUT2D eigenvalue weighted by Crippen LogP contribution is -2.43. The van der Waals surface area contributed by atoms with Crippen molar-refractivity contribution in [3.63, 3.8) is 0 Å². The van der Waals surface area contributed by atoms with E-state index < -0.39 is 6.10 Å². The number of primary amides is 1. The van der Waals surface area contributed by atoms with Crippen LogP contribution in [0.2, 0.25) is 0 Å². The number of carbonyl (C=O) groups is 1. The van der Waals surface area contributed by atoms with Gasteiger partial charge in [-0.3, -0.25) is 4.79 Å². The number of aliphatic hydroxyl groups excluding tert-OH is 1. The van der Waals surface area contributed by atoms with Crippen molar-refractivity contribution in [2.75, 3.05) is 26.2 Å². The molecule has 0 aliphatic carbocycles.